The third kappa shape index (κ3) is 3.17. The van der Waals surface area contributed by atoms with E-state index in [1.54, 1.807) is 4.90 Å². The number of amides is 1. The van der Waals surface area contributed by atoms with Gasteiger partial charge in [0.05, 0.1) is 24.3 Å². The zero-order chi connectivity index (χ0) is 15.7. The molecule has 0 bridgehead atoms. The second-order valence-electron chi connectivity index (χ2n) is 6.93. The molecule has 0 radical (unpaired) electrons. The Hall–Kier alpha value is -1.40. The van der Waals surface area contributed by atoms with Crippen molar-refractivity contribution in [3.8, 4) is 0 Å². The number of carbonyl (C=O) groups is 1. The van der Waals surface area contributed by atoms with E-state index in [2.05, 4.69) is 16.2 Å². The van der Waals surface area contributed by atoms with Crippen molar-refractivity contribution in [3.05, 3.63) is 18.0 Å². The number of aryl methyl sites for hydroxylation is 1. The van der Waals surface area contributed by atoms with Gasteiger partial charge in [0.2, 0.25) is 5.91 Å². The Morgan fingerprint density at radius 3 is 2.77 bits per heavy atom. The zero-order valence-corrected chi connectivity index (χ0v) is 13.8. The lowest BCUT2D eigenvalue weighted by Gasteiger charge is -2.38. The molecule has 122 valence electrons. The standard InChI is InChI=1S/C16H26N4O2/c1-18(2)15(21)14-8-16(22-12-14)4-6-20(7-5-16)11-13-9-17-19(3)10-13/h9-10,14H,4-8,11-12H2,1-3H3/t14-/m1/s1. The Labute approximate surface area is 132 Å². The molecule has 2 aliphatic rings. The van der Waals surface area contributed by atoms with Gasteiger partial charge in [-0.15, -0.1) is 0 Å². The Morgan fingerprint density at radius 2 is 2.18 bits per heavy atom. The average Bonchev–Trinajstić information content (AvgIpc) is 3.08. The predicted octanol–water partition coefficient (Wildman–Crippen LogP) is 0.879. The quantitative estimate of drug-likeness (QED) is 0.832. The highest BCUT2D eigenvalue weighted by molar-refractivity contribution is 5.78. The van der Waals surface area contributed by atoms with Crippen molar-refractivity contribution in [2.24, 2.45) is 13.0 Å². The van der Waals surface area contributed by atoms with Crippen LogP contribution in [0.1, 0.15) is 24.8 Å². The zero-order valence-electron chi connectivity index (χ0n) is 13.8. The molecule has 2 fully saturated rings. The Balaban J connectivity index is 1.52. The summed E-state index contributed by atoms with van der Waals surface area (Å²) in [6.45, 7) is 3.58. The van der Waals surface area contributed by atoms with E-state index < -0.39 is 0 Å². The van der Waals surface area contributed by atoms with Crippen molar-refractivity contribution in [1.29, 1.82) is 0 Å². The van der Waals surface area contributed by atoms with Crippen molar-refractivity contribution in [2.45, 2.75) is 31.4 Å². The number of aromatic nitrogens is 2. The fraction of sp³-hybridized carbons (Fsp3) is 0.750. The summed E-state index contributed by atoms with van der Waals surface area (Å²) in [4.78, 5) is 16.2. The molecule has 0 unspecified atom stereocenters. The third-order valence-corrected chi connectivity index (χ3v) is 4.93. The van der Waals surface area contributed by atoms with E-state index in [0.717, 1.165) is 38.9 Å². The smallest absolute Gasteiger partial charge is 0.227 e. The minimum Gasteiger partial charge on any atom is -0.374 e. The molecule has 3 rings (SSSR count). The number of hydrogen-bond acceptors (Lipinski definition) is 4. The van der Waals surface area contributed by atoms with Crippen LogP contribution in [-0.2, 0) is 23.1 Å². The van der Waals surface area contributed by atoms with Crippen LogP contribution in [0.2, 0.25) is 0 Å². The minimum atomic E-state index is -0.0677. The van der Waals surface area contributed by atoms with Crippen LogP contribution in [0, 0.1) is 5.92 Å². The minimum absolute atomic E-state index is 0.0415. The molecule has 2 aliphatic heterocycles. The van der Waals surface area contributed by atoms with Gasteiger partial charge in [0.25, 0.3) is 0 Å². The van der Waals surface area contributed by atoms with Gasteiger partial charge in [-0.05, 0) is 19.3 Å². The Bertz CT molecular complexity index is 532. The monoisotopic (exact) mass is 306 g/mol. The normalized spacial score (nSPS) is 24.8. The molecule has 3 heterocycles. The summed E-state index contributed by atoms with van der Waals surface area (Å²) in [6, 6.07) is 0. The van der Waals surface area contributed by atoms with Gasteiger partial charge in [0.1, 0.15) is 0 Å². The van der Waals surface area contributed by atoms with Crippen LogP contribution in [0.15, 0.2) is 12.4 Å². The van der Waals surface area contributed by atoms with Crippen LogP contribution in [0.3, 0.4) is 0 Å². The van der Waals surface area contributed by atoms with Crippen LogP contribution >= 0.6 is 0 Å². The summed E-state index contributed by atoms with van der Waals surface area (Å²) in [5.74, 6) is 0.245. The molecule has 0 aromatic carbocycles. The molecular formula is C16H26N4O2. The number of rotatable bonds is 3. The SMILES string of the molecule is CN(C)C(=O)[C@H]1COC2(CCN(Cc3cnn(C)c3)CC2)C1. The van der Waals surface area contributed by atoms with Crippen molar-refractivity contribution >= 4 is 5.91 Å². The highest BCUT2D eigenvalue weighted by atomic mass is 16.5. The molecule has 0 N–H and O–H groups in total. The summed E-state index contributed by atoms with van der Waals surface area (Å²) < 4.78 is 7.92. The molecule has 1 spiro atoms. The molecule has 6 heteroatoms. The maximum Gasteiger partial charge on any atom is 0.227 e. The van der Waals surface area contributed by atoms with Gasteiger partial charge in [-0.2, -0.15) is 5.10 Å². The lowest BCUT2D eigenvalue weighted by Crippen LogP contribution is -2.44. The van der Waals surface area contributed by atoms with E-state index >= 15 is 0 Å². The van der Waals surface area contributed by atoms with Gasteiger partial charge in [-0.3, -0.25) is 14.4 Å². The Morgan fingerprint density at radius 1 is 1.45 bits per heavy atom. The second kappa shape index (κ2) is 6.01. The summed E-state index contributed by atoms with van der Waals surface area (Å²) in [5, 5.41) is 4.22. The molecule has 1 aromatic rings. The molecule has 6 nitrogen and oxygen atoms in total. The van der Waals surface area contributed by atoms with E-state index in [9.17, 15) is 4.79 Å². The maximum absolute atomic E-state index is 12.1. The molecular weight excluding hydrogens is 280 g/mol. The van der Waals surface area contributed by atoms with Crippen molar-refractivity contribution in [2.75, 3.05) is 33.8 Å². The first-order valence-electron chi connectivity index (χ1n) is 8.02. The van der Waals surface area contributed by atoms with Crippen molar-refractivity contribution in [3.63, 3.8) is 0 Å². The highest BCUT2D eigenvalue weighted by Crippen LogP contribution is 2.39. The summed E-state index contributed by atoms with van der Waals surface area (Å²) in [5.41, 5.74) is 1.19. The van der Waals surface area contributed by atoms with Crippen LogP contribution in [0.5, 0.6) is 0 Å². The van der Waals surface area contributed by atoms with E-state index in [1.807, 2.05) is 32.0 Å². The van der Waals surface area contributed by atoms with Gasteiger partial charge < -0.3 is 9.64 Å². The number of ether oxygens (including phenoxy) is 1. The Kier molecular flexibility index (Phi) is 4.23. The van der Waals surface area contributed by atoms with Gasteiger partial charge in [-0.25, -0.2) is 0 Å². The van der Waals surface area contributed by atoms with Gasteiger partial charge >= 0.3 is 0 Å². The number of likely N-dealkylation sites (tertiary alicyclic amines) is 1. The molecule has 2 saturated heterocycles. The van der Waals surface area contributed by atoms with E-state index in [4.69, 9.17) is 4.74 Å². The molecule has 0 saturated carbocycles. The van der Waals surface area contributed by atoms with E-state index in [0.29, 0.717) is 6.61 Å². The number of hydrogen-bond donors (Lipinski definition) is 0. The number of piperidine rings is 1. The fourth-order valence-corrected chi connectivity index (χ4v) is 3.65. The largest absolute Gasteiger partial charge is 0.374 e. The van der Waals surface area contributed by atoms with Crippen LogP contribution < -0.4 is 0 Å². The van der Waals surface area contributed by atoms with E-state index in [-0.39, 0.29) is 17.4 Å². The first kappa shape index (κ1) is 15.5. The van der Waals surface area contributed by atoms with Crippen LogP contribution in [0.4, 0.5) is 0 Å². The predicted molar refractivity (Wildman–Crippen MR) is 83.2 cm³/mol. The topological polar surface area (TPSA) is 50.6 Å². The van der Waals surface area contributed by atoms with Crippen LogP contribution in [-0.4, -0.2) is 64.9 Å². The first-order valence-corrected chi connectivity index (χ1v) is 8.02. The molecule has 1 amide bonds. The summed E-state index contributed by atoms with van der Waals surface area (Å²) >= 11 is 0. The highest BCUT2D eigenvalue weighted by Gasteiger charge is 2.45. The summed E-state index contributed by atoms with van der Waals surface area (Å²) in [7, 11) is 5.59. The van der Waals surface area contributed by atoms with E-state index in [1.165, 1.54) is 5.56 Å². The van der Waals surface area contributed by atoms with Crippen molar-refractivity contribution < 1.29 is 9.53 Å². The number of nitrogens with zero attached hydrogens (tertiary/aromatic N) is 4. The fourth-order valence-electron chi connectivity index (χ4n) is 3.65. The summed E-state index contributed by atoms with van der Waals surface area (Å²) in [6.07, 6.45) is 6.92. The molecule has 1 aromatic heterocycles. The first-order chi connectivity index (χ1) is 10.5. The number of carbonyl (C=O) groups excluding carboxylic acids is 1. The lowest BCUT2D eigenvalue weighted by molar-refractivity contribution is -0.132. The molecule has 0 aliphatic carbocycles. The van der Waals surface area contributed by atoms with Gasteiger partial charge in [0, 0.05) is 52.5 Å². The van der Waals surface area contributed by atoms with Gasteiger partial charge in [0.15, 0.2) is 0 Å². The van der Waals surface area contributed by atoms with Gasteiger partial charge in [-0.1, -0.05) is 0 Å². The molecule has 1 atom stereocenters. The third-order valence-electron chi connectivity index (χ3n) is 4.93. The lowest BCUT2D eigenvalue weighted by atomic mass is 9.85. The van der Waals surface area contributed by atoms with Crippen LogP contribution in [0.25, 0.3) is 0 Å². The molecule has 22 heavy (non-hydrogen) atoms. The average molecular weight is 306 g/mol. The maximum atomic E-state index is 12.1. The second-order valence-corrected chi connectivity index (χ2v) is 6.93. The van der Waals surface area contributed by atoms with Crippen molar-refractivity contribution in [1.82, 2.24) is 19.6 Å².